The van der Waals surface area contributed by atoms with Gasteiger partial charge in [-0.05, 0) is 19.1 Å². The topological polar surface area (TPSA) is 75.2 Å². The summed E-state index contributed by atoms with van der Waals surface area (Å²) in [5, 5.41) is 4.38. The van der Waals surface area contributed by atoms with Crippen molar-refractivity contribution in [2.45, 2.75) is 6.92 Å². The van der Waals surface area contributed by atoms with Crippen LogP contribution < -0.4 is 5.32 Å². The summed E-state index contributed by atoms with van der Waals surface area (Å²) < 4.78 is 25.3. The Morgan fingerprint density at radius 3 is 2.48 bits per heavy atom. The number of rotatable bonds is 6. The summed E-state index contributed by atoms with van der Waals surface area (Å²) in [5.41, 5.74) is 1.85. The molecule has 0 atom stereocenters. The zero-order chi connectivity index (χ0) is 18.9. The highest BCUT2D eigenvalue weighted by Gasteiger charge is 2.34. The average molecular weight is 382 g/mol. The molecule has 1 aromatic heterocycles. The molecule has 1 saturated heterocycles. The molecule has 0 saturated carbocycles. The number of sulfonamides is 1. The number of nitrogens with one attached hydrogen (secondary N) is 1. The lowest BCUT2D eigenvalue weighted by atomic mass is 10.0. The second-order valence-corrected chi connectivity index (χ2v) is 9.00. The van der Waals surface area contributed by atoms with E-state index in [1.54, 1.807) is 11.2 Å². The van der Waals surface area contributed by atoms with Gasteiger partial charge in [0.15, 0.2) is 5.82 Å². The van der Waals surface area contributed by atoms with Gasteiger partial charge in [-0.1, -0.05) is 42.5 Å². The fourth-order valence-corrected chi connectivity index (χ4v) is 4.47. The summed E-state index contributed by atoms with van der Waals surface area (Å²) in [6, 6.07) is 17.8. The fourth-order valence-electron chi connectivity index (χ4n) is 3.23. The van der Waals surface area contributed by atoms with Crippen LogP contribution in [0.2, 0.25) is 0 Å². The third kappa shape index (κ3) is 3.65. The molecule has 0 amide bonds. The van der Waals surface area contributed by atoms with Crippen molar-refractivity contribution in [2.75, 3.05) is 30.7 Å². The maximum atomic E-state index is 11.9. The molecular weight excluding hydrogens is 360 g/mol. The van der Waals surface area contributed by atoms with E-state index < -0.39 is 10.0 Å². The number of benzene rings is 2. The minimum atomic E-state index is -3.07. The maximum absolute atomic E-state index is 11.9. The summed E-state index contributed by atoms with van der Waals surface area (Å²) in [4.78, 5) is 9.42. The number of hydrogen-bond donors (Lipinski definition) is 1. The maximum Gasteiger partial charge on any atom is 0.213 e. The number of hydrogen-bond acceptors (Lipinski definition) is 5. The van der Waals surface area contributed by atoms with Gasteiger partial charge in [-0.3, -0.25) is 0 Å². The lowest BCUT2D eigenvalue weighted by molar-refractivity contribution is 0.212. The Morgan fingerprint density at radius 1 is 1.04 bits per heavy atom. The summed E-state index contributed by atoms with van der Waals surface area (Å²) in [5.74, 6) is 1.92. The van der Waals surface area contributed by atoms with Gasteiger partial charge in [0, 0.05) is 36.5 Å². The van der Waals surface area contributed by atoms with Crippen LogP contribution in [0.25, 0.3) is 22.3 Å². The van der Waals surface area contributed by atoms with Gasteiger partial charge in [-0.15, -0.1) is 0 Å². The molecule has 6 nitrogen and oxygen atoms in total. The van der Waals surface area contributed by atoms with Gasteiger partial charge >= 0.3 is 0 Å². The van der Waals surface area contributed by atoms with Gasteiger partial charge in [0.2, 0.25) is 10.0 Å². The van der Waals surface area contributed by atoms with Crippen molar-refractivity contribution in [2.24, 2.45) is 5.92 Å². The molecule has 27 heavy (non-hydrogen) atoms. The molecule has 4 rings (SSSR count). The van der Waals surface area contributed by atoms with Crippen molar-refractivity contribution in [1.29, 1.82) is 0 Å². The van der Waals surface area contributed by atoms with Crippen molar-refractivity contribution in [3.63, 3.8) is 0 Å². The van der Waals surface area contributed by atoms with Crippen molar-refractivity contribution in [3.8, 4) is 11.4 Å². The minimum absolute atomic E-state index is 0.157. The molecule has 0 bridgehead atoms. The molecule has 2 aromatic carbocycles. The normalized spacial score (nSPS) is 15.6. The molecule has 0 radical (unpaired) electrons. The van der Waals surface area contributed by atoms with Crippen LogP contribution in [0.1, 0.15) is 6.92 Å². The van der Waals surface area contributed by atoms with Crippen molar-refractivity contribution in [3.05, 3.63) is 54.6 Å². The predicted molar refractivity (Wildman–Crippen MR) is 108 cm³/mol. The second kappa shape index (κ2) is 7.25. The molecule has 1 N–H and O–H groups in total. The minimum Gasteiger partial charge on any atom is -0.369 e. The number of anilines is 1. The van der Waals surface area contributed by atoms with E-state index in [-0.39, 0.29) is 5.75 Å². The Bertz CT molecular complexity index is 1050. The average Bonchev–Trinajstić information content (AvgIpc) is 2.67. The third-order valence-corrected chi connectivity index (χ3v) is 6.69. The van der Waals surface area contributed by atoms with Crippen molar-refractivity contribution < 1.29 is 8.42 Å². The molecule has 2 heterocycles. The fraction of sp³-hybridized carbons (Fsp3) is 0.300. The van der Waals surface area contributed by atoms with E-state index in [9.17, 15) is 8.42 Å². The summed E-state index contributed by atoms with van der Waals surface area (Å²) >= 11 is 0. The molecule has 3 aromatic rings. The molecule has 1 fully saturated rings. The van der Waals surface area contributed by atoms with Gasteiger partial charge in [0.1, 0.15) is 5.82 Å². The number of para-hydroxylation sites is 1. The molecule has 0 spiro atoms. The van der Waals surface area contributed by atoms with Crippen LogP contribution in [-0.2, 0) is 10.0 Å². The monoisotopic (exact) mass is 382 g/mol. The predicted octanol–water partition coefficient (Wildman–Crippen LogP) is 2.99. The van der Waals surface area contributed by atoms with Gasteiger partial charge < -0.3 is 5.32 Å². The SMILES string of the molecule is CCS(=O)(=O)N1CC(CNc2nc(-c3ccccc3)nc3ccccc23)C1. The number of nitrogens with zero attached hydrogens (tertiary/aromatic N) is 3. The summed E-state index contributed by atoms with van der Waals surface area (Å²) in [6.07, 6.45) is 0. The molecule has 0 aliphatic carbocycles. The van der Waals surface area contributed by atoms with Crippen molar-refractivity contribution in [1.82, 2.24) is 14.3 Å². The lowest BCUT2D eigenvalue weighted by Crippen LogP contribution is -2.52. The molecule has 0 unspecified atom stereocenters. The van der Waals surface area contributed by atoms with Gasteiger partial charge in [-0.2, -0.15) is 0 Å². The number of fused-ring (bicyclic) bond motifs is 1. The zero-order valence-corrected chi connectivity index (χ0v) is 16.0. The van der Waals surface area contributed by atoms with Gasteiger partial charge in [0.25, 0.3) is 0 Å². The first-order chi connectivity index (χ1) is 13.1. The van der Waals surface area contributed by atoms with Crippen LogP contribution in [0.5, 0.6) is 0 Å². The van der Waals surface area contributed by atoms with E-state index in [2.05, 4.69) is 10.3 Å². The zero-order valence-electron chi connectivity index (χ0n) is 15.2. The quantitative estimate of drug-likeness (QED) is 0.709. The molecule has 140 valence electrons. The summed E-state index contributed by atoms with van der Waals surface area (Å²) in [6.45, 7) is 3.50. The van der Waals surface area contributed by atoms with E-state index in [4.69, 9.17) is 4.98 Å². The Labute approximate surface area is 159 Å². The van der Waals surface area contributed by atoms with E-state index >= 15 is 0 Å². The van der Waals surface area contributed by atoms with Crippen LogP contribution in [0, 0.1) is 5.92 Å². The van der Waals surface area contributed by atoms with E-state index in [0.29, 0.717) is 31.4 Å². The van der Waals surface area contributed by atoms with Crippen LogP contribution in [0.15, 0.2) is 54.6 Å². The Balaban J connectivity index is 1.55. The molecular formula is C20H22N4O2S. The van der Waals surface area contributed by atoms with Gasteiger partial charge in [-0.25, -0.2) is 22.7 Å². The van der Waals surface area contributed by atoms with E-state index in [0.717, 1.165) is 22.3 Å². The second-order valence-electron chi connectivity index (χ2n) is 6.74. The van der Waals surface area contributed by atoms with Crippen LogP contribution in [0.3, 0.4) is 0 Å². The Hall–Kier alpha value is -2.51. The highest BCUT2D eigenvalue weighted by molar-refractivity contribution is 7.89. The first-order valence-corrected chi connectivity index (χ1v) is 10.7. The van der Waals surface area contributed by atoms with E-state index in [1.807, 2.05) is 54.6 Å². The first-order valence-electron chi connectivity index (χ1n) is 9.10. The highest BCUT2D eigenvalue weighted by atomic mass is 32.2. The standard InChI is InChI=1S/C20H22N4O2S/c1-2-27(25,26)24-13-15(14-24)12-21-20-17-10-6-7-11-18(17)22-19(23-20)16-8-4-3-5-9-16/h3-11,15H,2,12-14H2,1H3,(H,21,22,23). The third-order valence-electron chi connectivity index (χ3n) is 4.88. The molecule has 7 heteroatoms. The van der Waals surface area contributed by atoms with Crippen LogP contribution in [0.4, 0.5) is 5.82 Å². The Morgan fingerprint density at radius 2 is 1.74 bits per heavy atom. The molecule has 1 aliphatic heterocycles. The highest BCUT2D eigenvalue weighted by Crippen LogP contribution is 2.26. The Kier molecular flexibility index (Phi) is 4.80. The number of aromatic nitrogens is 2. The largest absolute Gasteiger partial charge is 0.369 e. The lowest BCUT2D eigenvalue weighted by Gasteiger charge is -2.38. The summed E-state index contributed by atoms with van der Waals surface area (Å²) in [7, 11) is -3.07. The smallest absolute Gasteiger partial charge is 0.213 e. The van der Waals surface area contributed by atoms with Crippen LogP contribution >= 0.6 is 0 Å². The van der Waals surface area contributed by atoms with Crippen LogP contribution in [-0.4, -0.2) is 48.1 Å². The van der Waals surface area contributed by atoms with Gasteiger partial charge in [0.05, 0.1) is 11.3 Å². The first kappa shape index (κ1) is 17.9. The molecule has 1 aliphatic rings. The van der Waals surface area contributed by atoms with Crippen molar-refractivity contribution >= 4 is 26.7 Å². The van der Waals surface area contributed by atoms with E-state index in [1.165, 1.54) is 0 Å².